The summed E-state index contributed by atoms with van der Waals surface area (Å²) < 4.78 is 93.2. The molecular formula is C40H16F6N6O2. The van der Waals surface area contributed by atoms with Gasteiger partial charge in [-0.15, -0.1) is 9.69 Å². The van der Waals surface area contributed by atoms with Crippen LogP contribution in [0.1, 0.15) is 11.1 Å². The van der Waals surface area contributed by atoms with Gasteiger partial charge in [-0.05, 0) is 57.6 Å². The van der Waals surface area contributed by atoms with Crippen molar-refractivity contribution in [2.45, 2.75) is 12.4 Å². The van der Waals surface area contributed by atoms with Gasteiger partial charge >= 0.3 is 23.7 Å². The fourth-order valence-corrected chi connectivity index (χ4v) is 6.06. The lowest BCUT2D eigenvalue weighted by atomic mass is 9.89. The lowest BCUT2D eigenvalue weighted by Gasteiger charge is -2.15. The van der Waals surface area contributed by atoms with Crippen LogP contribution in [-0.2, 0) is 12.4 Å². The second kappa shape index (κ2) is 13.1. The van der Waals surface area contributed by atoms with Crippen molar-refractivity contribution >= 4 is 33.6 Å². The van der Waals surface area contributed by atoms with E-state index in [1.807, 2.05) is 0 Å². The Bertz CT molecular complexity index is 2660. The van der Waals surface area contributed by atoms with Gasteiger partial charge in [0.25, 0.3) is 0 Å². The molecule has 0 bridgehead atoms. The Morgan fingerprint density at radius 2 is 0.926 bits per heavy atom. The number of benzene rings is 5. The number of hydrogen-bond acceptors (Lipinski definition) is 6. The Kier molecular flexibility index (Phi) is 8.45. The summed E-state index contributed by atoms with van der Waals surface area (Å²) in [5.74, 6) is -0.537. The summed E-state index contributed by atoms with van der Waals surface area (Å²) in [5, 5.41) is 19.5. The minimum atomic E-state index is -4.59. The van der Waals surface area contributed by atoms with Crippen LogP contribution in [0.5, 0.6) is 0 Å². The number of oxazole rings is 2. The van der Waals surface area contributed by atoms with Crippen LogP contribution in [0.25, 0.3) is 87.8 Å². The summed E-state index contributed by atoms with van der Waals surface area (Å²) in [7, 11) is 0. The highest BCUT2D eigenvalue weighted by molar-refractivity contribution is 6.18. The number of hydrogen-bond donors (Lipinski definition) is 0. The van der Waals surface area contributed by atoms with Crippen LogP contribution in [0.4, 0.5) is 26.3 Å². The van der Waals surface area contributed by atoms with Crippen LogP contribution < -0.4 is 11.1 Å². The van der Waals surface area contributed by atoms with Gasteiger partial charge in [-0.2, -0.15) is 36.9 Å². The van der Waals surface area contributed by atoms with Crippen LogP contribution in [0, 0.1) is 35.8 Å². The summed E-state index contributed by atoms with van der Waals surface area (Å²) in [6, 6.07) is 25.4. The van der Waals surface area contributed by atoms with E-state index in [0.29, 0.717) is 33.4 Å². The third-order valence-corrected chi connectivity index (χ3v) is 8.46. The fraction of sp³-hybridized carbons (Fsp3) is 0.0500. The summed E-state index contributed by atoms with van der Waals surface area (Å²) in [6.07, 6.45) is -9.18. The molecule has 0 aliphatic rings. The predicted molar refractivity (Wildman–Crippen MR) is 184 cm³/mol. The predicted octanol–water partition coefficient (Wildman–Crippen LogP) is 9.78. The Hall–Kier alpha value is -7.68. The highest BCUT2D eigenvalue weighted by Crippen LogP contribution is 2.47. The van der Waals surface area contributed by atoms with Crippen LogP contribution in [0.2, 0.25) is 0 Å². The number of nitriles is 2. The molecule has 0 saturated heterocycles. The van der Waals surface area contributed by atoms with E-state index in [-0.39, 0.29) is 44.4 Å². The number of fused-ring (bicyclic) bond motifs is 2. The number of halogens is 6. The maximum Gasteiger partial charge on any atom is 0.582 e. The first-order valence-electron chi connectivity index (χ1n) is 15.5. The molecule has 0 aliphatic carbocycles. The van der Waals surface area contributed by atoms with E-state index >= 15 is 0 Å². The van der Waals surface area contributed by atoms with E-state index < -0.39 is 34.9 Å². The van der Waals surface area contributed by atoms with E-state index in [0.717, 1.165) is 24.3 Å². The molecule has 0 spiro atoms. The Balaban J connectivity index is 1.65. The van der Waals surface area contributed by atoms with E-state index in [4.69, 9.17) is 22.0 Å². The molecule has 260 valence electrons. The zero-order chi connectivity index (χ0) is 38.4. The standard InChI is InChI=1S/C40H16F6N6O2/c1-49-36(50-2)38-52-33-31(29-10-6-4-8-27(29)22-13-17-25(18-14-22)40(44,45)46)34-32(51-37(53-34)23(19-47)20-48)30(35(33)54-38)28-9-5-3-7-26(28)21-11-15-24(16-12-21)39(41,42)43/h3-18H. The van der Waals surface area contributed by atoms with Gasteiger partial charge in [-0.25, -0.2) is 9.97 Å². The smallest absolute Gasteiger partial charge is 0.440 e. The Morgan fingerprint density at radius 3 is 1.30 bits per heavy atom. The Labute approximate surface area is 300 Å². The zero-order valence-electron chi connectivity index (χ0n) is 27.0. The largest absolute Gasteiger partial charge is 0.582 e. The maximum absolute atomic E-state index is 13.5. The van der Waals surface area contributed by atoms with Gasteiger partial charge in [0.15, 0.2) is 16.7 Å². The van der Waals surface area contributed by atoms with Crippen molar-refractivity contribution in [1.29, 1.82) is 10.5 Å². The number of nitrogens with zero attached hydrogens (tertiary/aromatic N) is 6. The third-order valence-electron chi connectivity index (χ3n) is 8.46. The first kappa shape index (κ1) is 34.8. The molecule has 0 radical (unpaired) electrons. The lowest BCUT2D eigenvalue weighted by molar-refractivity contribution is -0.138. The number of aromatic nitrogens is 2. The molecule has 7 aromatic rings. The zero-order valence-corrected chi connectivity index (χ0v) is 27.0. The highest BCUT2D eigenvalue weighted by atomic mass is 19.4. The van der Waals surface area contributed by atoms with Gasteiger partial charge in [0.2, 0.25) is 5.55 Å². The summed E-state index contributed by atoms with van der Waals surface area (Å²) in [5.41, 5.74) is -0.631. The molecule has 0 aliphatic heterocycles. The summed E-state index contributed by atoms with van der Waals surface area (Å²) >= 11 is 0. The quantitative estimate of drug-likeness (QED) is 0.132. The molecule has 2 aromatic heterocycles. The van der Waals surface area contributed by atoms with Crippen molar-refractivity contribution in [2.24, 2.45) is 0 Å². The second-order valence-corrected chi connectivity index (χ2v) is 11.5. The normalized spacial score (nSPS) is 11.4. The molecular weight excluding hydrogens is 710 g/mol. The molecule has 54 heavy (non-hydrogen) atoms. The monoisotopic (exact) mass is 726 g/mol. The first-order chi connectivity index (χ1) is 25.9. The van der Waals surface area contributed by atoms with Gasteiger partial charge in [-0.1, -0.05) is 72.8 Å². The number of rotatable bonds is 4. The maximum atomic E-state index is 13.5. The average molecular weight is 727 g/mol. The van der Waals surface area contributed by atoms with Gasteiger partial charge in [0.05, 0.1) is 22.3 Å². The van der Waals surface area contributed by atoms with Crippen LogP contribution in [0.3, 0.4) is 0 Å². The molecule has 0 fully saturated rings. The van der Waals surface area contributed by atoms with Crippen LogP contribution in [-0.4, -0.2) is 9.97 Å². The average Bonchev–Trinajstić information content (AvgIpc) is 3.79. The molecule has 2 heterocycles. The summed E-state index contributed by atoms with van der Waals surface area (Å²) in [6.45, 7) is 15.1. The van der Waals surface area contributed by atoms with Gasteiger partial charge < -0.3 is 8.83 Å². The lowest BCUT2D eigenvalue weighted by Crippen LogP contribution is -2.04. The molecule has 5 aromatic carbocycles. The minimum absolute atomic E-state index is 0.00644. The van der Waals surface area contributed by atoms with Crippen LogP contribution in [0.15, 0.2) is 106 Å². The third kappa shape index (κ3) is 5.94. The molecule has 0 N–H and O–H groups in total. The SMILES string of the molecule is [C-]#[N+]C([N+]#[C-])=c1nc2c(-c3ccccc3-c3ccc(C(F)(F)F)cc3)c3oc(=C(C#N)C#N)nc3c(-c3ccccc3-c3ccc(C(F)(F)F)cc3)c2o1. The van der Waals surface area contributed by atoms with Crippen molar-refractivity contribution < 1.29 is 35.2 Å². The molecule has 0 saturated carbocycles. The highest BCUT2D eigenvalue weighted by Gasteiger charge is 2.32. The van der Waals surface area contributed by atoms with Crippen molar-refractivity contribution in [3.63, 3.8) is 0 Å². The van der Waals surface area contributed by atoms with Crippen molar-refractivity contribution in [3.05, 3.63) is 142 Å². The first-order valence-corrected chi connectivity index (χ1v) is 15.5. The fourth-order valence-electron chi connectivity index (χ4n) is 6.06. The van der Waals surface area contributed by atoms with Gasteiger partial charge in [-0.3, -0.25) is 0 Å². The molecule has 0 atom stereocenters. The van der Waals surface area contributed by atoms with E-state index in [1.165, 1.54) is 24.3 Å². The van der Waals surface area contributed by atoms with E-state index in [2.05, 4.69) is 19.7 Å². The molecule has 14 heteroatoms. The van der Waals surface area contributed by atoms with Crippen molar-refractivity contribution in [1.82, 2.24) is 9.97 Å². The minimum Gasteiger partial charge on any atom is -0.440 e. The van der Waals surface area contributed by atoms with Crippen LogP contribution >= 0.6 is 0 Å². The molecule has 0 unspecified atom stereocenters. The second-order valence-electron chi connectivity index (χ2n) is 11.5. The molecule has 7 rings (SSSR count). The summed E-state index contributed by atoms with van der Waals surface area (Å²) in [4.78, 5) is 15.6. The van der Waals surface area contributed by atoms with E-state index in [1.54, 1.807) is 60.7 Å². The number of alkyl halides is 6. The molecule has 8 nitrogen and oxygen atoms in total. The molecule has 0 amide bonds. The van der Waals surface area contributed by atoms with Crippen molar-refractivity contribution in [3.8, 4) is 56.6 Å². The van der Waals surface area contributed by atoms with Crippen molar-refractivity contribution in [2.75, 3.05) is 0 Å². The topological polar surface area (TPSA) is 108 Å². The Morgan fingerprint density at radius 1 is 0.556 bits per heavy atom. The van der Waals surface area contributed by atoms with Gasteiger partial charge in [0.1, 0.15) is 36.3 Å². The van der Waals surface area contributed by atoms with E-state index in [9.17, 15) is 36.9 Å². The van der Waals surface area contributed by atoms with Gasteiger partial charge in [0, 0.05) is 0 Å².